The Morgan fingerprint density at radius 2 is 2.09 bits per heavy atom. The maximum absolute atomic E-state index is 12.0. The Morgan fingerprint density at radius 1 is 1.35 bits per heavy atom. The highest BCUT2D eigenvalue weighted by Crippen LogP contribution is 2.24. The Kier molecular flexibility index (Phi) is 7.53. The lowest BCUT2D eigenvalue weighted by Gasteiger charge is -2.36. The molecule has 2 fully saturated rings. The quantitative estimate of drug-likeness (QED) is 0.594. The summed E-state index contributed by atoms with van der Waals surface area (Å²) in [5, 5.41) is 7.16. The van der Waals surface area contributed by atoms with Crippen LogP contribution in [0, 0.1) is 5.92 Å². The van der Waals surface area contributed by atoms with E-state index >= 15 is 0 Å². The molecule has 0 aromatic rings. The Bertz CT molecular complexity index is 407. The van der Waals surface area contributed by atoms with Gasteiger partial charge in [-0.25, -0.2) is 0 Å². The molecule has 2 N–H and O–H groups in total. The monoisotopic (exact) mass is 340 g/mol. The normalized spacial score (nSPS) is 23.4. The largest absolute Gasteiger partial charge is 0.356 e. The van der Waals surface area contributed by atoms with Gasteiger partial charge in [0, 0.05) is 50.1 Å². The lowest BCUT2D eigenvalue weighted by atomic mass is 10.1. The number of carbonyl (C=O) groups excluding carboxylic acids is 1. The second kappa shape index (κ2) is 9.40. The highest BCUT2D eigenvalue weighted by molar-refractivity contribution is 8.00. The first-order valence-corrected chi connectivity index (χ1v) is 10.0. The summed E-state index contributed by atoms with van der Waals surface area (Å²) in [6.45, 7) is 7.29. The van der Waals surface area contributed by atoms with Crippen LogP contribution in [0.5, 0.6) is 0 Å². The summed E-state index contributed by atoms with van der Waals surface area (Å²) in [5.41, 5.74) is 0. The van der Waals surface area contributed by atoms with Crippen molar-refractivity contribution in [3.63, 3.8) is 0 Å². The number of nitrogens with one attached hydrogen (secondary N) is 2. The molecule has 1 saturated carbocycles. The Morgan fingerprint density at radius 3 is 2.74 bits per heavy atom. The number of nitrogens with zero attached hydrogens (tertiary/aromatic N) is 2. The number of thioether (sulfide) groups is 1. The topological polar surface area (TPSA) is 56.7 Å². The second-order valence-electron chi connectivity index (χ2n) is 6.87. The Balaban J connectivity index is 1.71. The summed E-state index contributed by atoms with van der Waals surface area (Å²) in [6.07, 6.45) is 5.30. The molecule has 1 unspecified atom stereocenters. The fourth-order valence-electron chi connectivity index (χ4n) is 3.26. The average molecular weight is 341 g/mol. The van der Waals surface area contributed by atoms with Gasteiger partial charge in [0.25, 0.3) is 0 Å². The smallest absolute Gasteiger partial charge is 0.221 e. The van der Waals surface area contributed by atoms with E-state index in [1.165, 1.54) is 12.8 Å². The van der Waals surface area contributed by atoms with Gasteiger partial charge in [-0.15, -0.1) is 0 Å². The van der Waals surface area contributed by atoms with Crippen molar-refractivity contribution in [1.82, 2.24) is 15.5 Å². The summed E-state index contributed by atoms with van der Waals surface area (Å²) < 4.78 is 0. The van der Waals surface area contributed by atoms with Gasteiger partial charge in [0.2, 0.25) is 5.91 Å². The third-order valence-electron chi connectivity index (χ3n) is 4.70. The molecule has 23 heavy (non-hydrogen) atoms. The second-order valence-corrected chi connectivity index (χ2v) is 8.22. The standard InChI is InChI=1S/C17H32N4OS/c1-13(2)15-12-21(10-11-23-15)17(18-3)19-9-8-16(22)20-14-6-4-5-7-14/h13-15H,4-12H2,1-3H3,(H,18,19)(H,20,22). The molecule has 1 atom stereocenters. The van der Waals surface area contributed by atoms with Gasteiger partial charge in [0.1, 0.15) is 0 Å². The van der Waals surface area contributed by atoms with Crippen molar-refractivity contribution in [3.8, 4) is 0 Å². The van der Waals surface area contributed by atoms with Gasteiger partial charge in [0.05, 0.1) is 0 Å². The molecule has 0 spiro atoms. The van der Waals surface area contributed by atoms with Crippen molar-refractivity contribution in [2.24, 2.45) is 10.9 Å². The fraction of sp³-hybridized carbons (Fsp3) is 0.882. The van der Waals surface area contributed by atoms with Gasteiger partial charge in [-0.05, 0) is 18.8 Å². The first kappa shape index (κ1) is 18.4. The average Bonchev–Trinajstić information content (AvgIpc) is 3.04. The summed E-state index contributed by atoms with van der Waals surface area (Å²) in [5.74, 6) is 2.92. The van der Waals surface area contributed by atoms with Gasteiger partial charge in [0.15, 0.2) is 5.96 Å². The van der Waals surface area contributed by atoms with E-state index in [0.717, 1.165) is 37.6 Å². The number of carbonyl (C=O) groups is 1. The van der Waals surface area contributed by atoms with Gasteiger partial charge in [-0.2, -0.15) is 11.8 Å². The number of hydrogen-bond acceptors (Lipinski definition) is 3. The van der Waals surface area contributed by atoms with Gasteiger partial charge in [-0.1, -0.05) is 26.7 Å². The molecule has 6 heteroatoms. The highest BCUT2D eigenvalue weighted by atomic mass is 32.2. The maximum Gasteiger partial charge on any atom is 0.221 e. The van der Waals surface area contributed by atoms with Crippen LogP contribution in [-0.4, -0.2) is 60.5 Å². The molecule has 2 rings (SSSR count). The molecule has 132 valence electrons. The number of rotatable bonds is 5. The summed E-state index contributed by atoms with van der Waals surface area (Å²) in [4.78, 5) is 18.7. The van der Waals surface area contributed by atoms with E-state index < -0.39 is 0 Å². The first-order chi connectivity index (χ1) is 11.1. The number of hydrogen-bond donors (Lipinski definition) is 2. The molecule has 5 nitrogen and oxygen atoms in total. The van der Waals surface area contributed by atoms with E-state index in [1.54, 1.807) is 0 Å². The number of aliphatic imine (C=N–C) groups is 1. The highest BCUT2D eigenvalue weighted by Gasteiger charge is 2.25. The van der Waals surface area contributed by atoms with Crippen LogP contribution < -0.4 is 10.6 Å². The molecule has 1 amide bonds. The Hall–Kier alpha value is -0.910. The van der Waals surface area contributed by atoms with E-state index in [0.29, 0.717) is 30.2 Å². The van der Waals surface area contributed by atoms with Crippen LogP contribution in [0.4, 0.5) is 0 Å². The third-order valence-corrected chi connectivity index (χ3v) is 6.24. The van der Waals surface area contributed by atoms with Crippen molar-refractivity contribution in [1.29, 1.82) is 0 Å². The molecule has 0 radical (unpaired) electrons. The summed E-state index contributed by atoms with van der Waals surface area (Å²) >= 11 is 2.06. The molecule has 2 aliphatic rings. The van der Waals surface area contributed by atoms with Crippen LogP contribution >= 0.6 is 11.8 Å². The van der Waals surface area contributed by atoms with Gasteiger partial charge in [-0.3, -0.25) is 9.79 Å². The third kappa shape index (κ3) is 5.90. The minimum Gasteiger partial charge on any atom is -0.356 e. The molecule has 0 aromatic carbocycles. The van der Waals surface area contributed by atoms with Crippen molar-refractivity contribution in [2.75, 3.05) is 32.4 Å². The zero-order valence-electron chi connectivity index (χ0n) is 14.8. The lowest BCUT2D eigenvalue weighted by Crippen LogP contribution is -2.49. The van der Waals surface area contributed by atoms with Crippen molar-refractivity contribution >= 4 is 23.6 Å². The van der Waals surface area contributed by atoms with Crippen LogP contribution in [0.2, 0.25) is 0 Å². The fourth-order valence-corrected chi connectivity index (χ4v) is 4.56. The van der Waals surface area contributed by atoms with Crippen LogP contribution in [0.25, 0.3) is 0 Å². The number of amides is 1. The summed E-state index contributed by atoms with van der Waals surface area (Å²) in [6, 6.07) is 0.410. The van der Waals surface area contributed by atoms with Crippen LogP contribution in [0.1, 0.15) is 46.0 Å². The predicted molar refractivity (Wildman–Crippen MR) is 99.0 cm³/mol. The molecule has 1 heterocycles. The van der Waals surface area contributed by atoms with Gasteiger partial charge >= 0.3 is 0 Å². The molecule has 1 aliphatic carbocycles. The van der Waals surface area contributed by atoms with E-state index in [4.69, 9.17) is 0 Å². The molecule has 0 bridgehead atoms. The van der Waals surface area contributed by atoms with E-state index in [2.05, 4.69) is 46.1 Å². The number of guanidine groups is 1. The molecule has 1 saturated heterocycles. The Labute approximate surface area is 145 Å². The van der Waals surface area contributed by atoms with Crippen molar-refractivity contribution in [2.45, 2.75) is 57.2 Å². The van der Waals surface area contributed by atoms with Crippen LogP contribution in [-0.2, 0) is 4.79 Å². The van der Waals surface area contributed by atoms with E-state index in [-0.39, 0.29) is 5.91 Å². The lowest BCUT2D eigenvalue weighted by molar-refractivity contribution is -0.121. The molecule has 0 aromatic heterocycles. The summed E-state index contributed by atoms with van der Waals surface area (Å²) in [7, 11) is 1.83. The van der Waals surface area contributed by atoms with Gasteiger partial charge < -0.3 is 15.5 Å². The molecule has 1 aliphatic heterocycles. The zero-order chi connectivity index (χ0) is 16.7. The molecular formula is C17H32N4OS. The maximum atomic E-state index is 12.0. The van der Waals surface area contributed by atoms with Crippen LogP contribution in [0.3, 0.4) is 0 Å². The van der Waals surface area contributed by atoms with Crippen LogP contribution in [0.15, 0.2) is 4.99 Å². The SMILES string of the molecule is CN=C(NCCC(=O)NC1CCCC1)N1CCSC(C(C)C)C1. The predicted octanol–water partition coefficient (Wildman–Crippen LogP) is 2.08. The minimum atomic E-state index is 0.161. The van der Waals surface area contributed by atoms with E-state index in [1.807, 2.05) is 7.05 Å². The molecular weight excluding hydrogens is 308 g/mol. The first-order valence-electron chi connectivity index (χ1n) is 8.96. The minimum absolute atomic E-state index is 0.161. The van der Waals surface area contributed by atoms with E-state index in [9.17, 15) is 4.79 Å². The van der Waals surface area contributed by atoms with Crippen molar-refractivity contribution in [3.05, 3.63) is 0 Å². The zero-order valence-corrected chi connectivity index (χ0v) is 15.6. The van der Waals surface area contributed by atoms with Crippen molar-refractivity contribution < 1.29 is 4.79 Å².